The summed E-state index contributed by atoms with van der Waals surface area (Å²) >= 11 is 0. The van der Waals surface area contributed by atoms with Crippen molar-refractivity contribution < 1.29 is 9.53 Å². The maximum absolute atomic E-state index is 12.5. The summed E-state index contributed by atoms with van der Waals surface area (Å²) in [4.78, 5) is 16.7. The monoisotopic (exact) mass is 298 g/mol. The quantitative estimate of drug-likeness (QED) is 0.872. The van der Waals surface area contributed by atoms with Crippen molar-refractivity contribution in [1.82, 2.24) is 9.80 Å². The van der Waals surface area contributed by atoms with Crippen LogP contribution in [0.4, 0.5) is 0 Å². The maximum atomic E-state index is 12.5. The Morgan fingerprint density at radius 2 is 1.73 bits per heavy atom. The Morgan fingerprint density at radius 1 is 1.05 bits per heavy atom. The second-order valence-corrected chi connectivity index (χ2v) is 5.87. The molecule has 2 aromatic carbocycles. The number of nitrogens with zero attached hydrogens (tertiary/aromatic N) is 2. The predicted molar refractivity (Wildman–Crippen MR) is 88.1 cm³/mol. The fraction of sp³-hybridized carbons (Fsp3) is 0.389. The molecule has 0 N–H and O–H groups in total. The Bertz CT molecular complexity index is 658. The number of hydrogen-bond donors (Lipinski definition) is 0. The number of hydrogen-bond acceptors (Lipinski definition) is 3. The largest absolute Gasteiger partial charge is 0.480 e. The SMILES string of the molecule is C[C@H](Oc1cccc2ccccc12)C(=O)N1CCN(C)CC1. The van der Waals surface area contributed by atoms with E-state index < -0.39 is 6.10 Å². The minimum Gasteiger partial charge on any atom is -0.480 e. The first-order chi connectivity index (χ1) is 10.6. The van der Waals surface area contributed by atoms with Crippen LogP contribution in [0.2, 0.25) is 0 Å². The van der Waals surface area contributed by atoms with Crippen LogP contribution in [0.15, 0.2) is 42.5 Å². The van der Waals surface area contributed by atoms with Crippen molar-refractivity contribution in [3.63, 3.8) is 0 Å². The van der Waals surface area contributed by atoms with Crippen LogP contribution in [0.25, 0.3) is 10.8 Å². The Kier molecular flexibility index (Phi) is 4.29. The van der Waals surface area contributed by atoms with Crippen molar-refractivity contribution in [3.8, 4) is 5.75 Å². The highest BCUT2D eigenvalue weighted by atomic mass is 16.5. The molecule has 0 radical (unpaired) electrons. The predicted octanol–water partition coefficient (Wildman–Crippen LogP) is 2.38. The lowest BCUT2D eigenvalue weighted by atomic mass is 10.1. The lowest BCUT2D eigenvalue weighted by Crippen LogP contribution is -2.50. The van der Waals surface area contributed by atoms with Crippen LogP contribution in [0.5, 0.6) is 5.75 Å². The van der Waals surface area contributed by atoms with Crippen LogP contribution in [-0.4, -0.2) is 55.0 Å². The molecule has 1 aliphatic heterocycles. The zero-order valence-corrected chi connectivity index (χ0v) is 13.2. The van der Waals surface area contributed by atoms with Crippen LogP contribution < -0.4 is 4.74 Å². The number of ether oxygens (including phenoxy) is 1. The highest BCUT2D eigenvalue weighted by Gasteiger charge is 2.25. The van der Waals surface area contributed by atoms with Gasteiger partial charge in [-0.25, -0.2) is 0 Å². The molecule has 3 rings (SSSR count). The van der Waals surface area contributed by atoms with Gasteiger partial charge in [-0.2, -0.15) is 0 Å². The molecule has 4 nitrogen and oxygen atoms in total. The lowest BCUT2D eigenvalue weighted by molar-refractivity contribution is -0.139. The third kappa shape index (κ3) is 3.07. The molecule has 1 aliphatic rings. The van der Waals surface area contributed by atoms with Crippen LogP contribution in [0, 0.1) is 0 Å². The summed E-state index contributed by atoms with van der Waals surface area (Å²) < 4.78 is 5.96. The van der Waals surface area contributed by atoms with E-state index in [-0.39, 0.29) is 5.91 Å². The number of amides is 1. The number of benzene rings is 2. The molecule has 1 heterocycles. The van der Waals surface area contributed by atoms with Gasteiger partial charge >= 0.3 is 0 Å². The first kappa shape index (κ1) is 14.9. The van der Waals surface area contributed by atoms with Gasteiger partial charge in [-0.3, -0.25) is 4.79 Å². The van der Waals surface area contributed by atoms with Crippen molar-refractivity contribution in [3.05, 3.63) is 42.5 Å². The molecule has 0 bridgehead atoms. The molecule has 1 atom stereocenters. The lowest BCUT2D eigenvalue weighted by Gasteiger charge is -2.33. The molecular formula is C18H22N2O2. The fourth-order valence-electron chi connectivity index (χ4n) is 2.82. The zero-order valence-electron chi connectivity index (χ0n) is 13.2. The first-order valence-corrected chi connectivity index (χ1v) is 7.77. The number of carbonyl (C=O) groups is 1. The molecular weight excluding hydrogens is 276 g/mol. The van der Waals surface area contributed by atoms with E-state index >= 15 is 0 Å². The summed E-state index contributed by atoms with van der Waals surface area (Å²) in [7, 11) is 2.08. The molecule has 0 saturated carbocycles. The molecule has 0 unspecified atom stereocenters. The molecule has 2 aromatic rings. The van der Waals surface area contributed by atoms with E-state index in [4.69, 9.17) is 4.74 Å². The Morgan fingerprint density at radius 3 is 2.50 bits per heavy atom. The number of rotatable bonds is 3. The van der Waals surface area contributed by atoms with Gasteiger partial charge in [0.05, 0.1) is 0 Å². The molecule has 1 fully saturated rings. The van der Waals surface area contributed by atoms with Gasteiger partial charge in [0.15, 0.2) is 6.10 Å². The van der Waals surface area contributed by atoms with E-state index in [0.29, 0.717) is 0 Å². The van der Waals surface area contributed by atoms with Crippen LogP contribution in [0.3, 0.4) is 0 Å². The van der Waals surface area contributed by atoms with Crippen molar-refractivity contribution >= 4 is 16.7 Å². The van der Waals surface area contributed by atoms with Gasteiger partial charge in [0, 0.05) is 31.6 Å². The average Bonchev–Trinajstić information content (AvgIpc) is 2.55. The number of fused-ring (bicyclic) bond motifs is 1. The molecule has 116 valence electrons. The van der Waals surface area contributed by atoms with E-state index in [9.17, 15) is 4.79 Å². The second-order valence-electron chi connectivity index (χ2n) is 5.87. The van der Waals surface area contributed by atoms with Gasteiger partial charge in [0.1, 0.15) is 5.75 Å². The minimum atomic E-state index is -0.464. The summed E-state index contributed by atoms with van der Waals surface area (Å²) in [6.07, 6.45) is -0.464. The summed E-state index contributed by atoms with van der Waals surface area (Å²) in [5.41, 5.74) is 0. The van der Waals surface area contributed by atoms with Gasteiger partial charge < -0.3 is 14.5 Å². The Balaban J connectivity index is 1.73. The first-order valence-electron chi connectivity index (χ1n) is 7.77. The Labute approximate surface area is 131 Å². The number of likely N-dealkylation sites (N-methyl/N-ethyl adjacent to an activating group) is 1. The normalized spacial score (nSPS) is 17.5. The van der Waals surface area contributed by atoms with Crippen molar-refractivity contribution in [2.75, 3.05) is 33.2 Å². The van der Waals surface area contributed by atoms with Crippen molar-refractivity contribution in [1.29, 1.82) is 0 Å². The molecule has 22 heavy (non-hydrogen) atoms. The molecule has 0 aromatic heterocycles. The second kappa shape index (κ2) is 6.36. The summed E-state index contributed by atoms with van der Waals surface area (Å²) in [6.45, 7) is 5.24. The van der Waals surface area contributed by atoms with E-state index in [1.165, 1.54) is 0 Å². The minimum absolute atomic E-state index is 0.0704. The molecule has 0 spiro atoms. The van der Waals surface area contributed by atoms with Crippen LogP contribution in [-0.2, 0) is 4.79 Å². The van der Waals surface area contributed by atoms with E-state index in [1.54, 1.807) is 0 Å². The van der Waals surface area contributed by atoms with Gasteiger partial charge in [-0.15, -0.1) is 0 Å². The highest BCUT2D eigenvalue weighted by Crippen LogP contribution is 2.26. The summed E-state index contributed by atoms with van der Waals surface area (Å²) in [5.74, 6) is 0.842. The van der Waals surface area contributed by atoms with Gasteiger partial charge in [0.25, 0.3) is 5.91 Å². The van der Waals surface area contributed by atoms with Gasteiger partial charge in [-0.1, -0.05) is 36.4 Å². The summed E-state index contributed by atoms with van der Waals surface area (Å²) in [6, 6.07) is 14.0. The summed E-state index contributed by atoms with van der Waals surface area (Å²) in [5, 5.41) is 2.17. The van der Waals surface area contributed by atoms with Crippen LogP contribution in [0.1, 0.15) is 6.92 Å². The van der Waals surface area contributed by atoms with E-state index in [2.05, 4.69) is 24.1 Å². The smallest absolute Gasteiger partial charge is 0.263 e. The maximum Gasteiger partial charge on any atom is 0.263 e. The van der Waals surface area contributed by atoms with Gasteiger partial charge in [0.2, 0.25) is 0 Å². The zero-order chi connectivity index (χ0) is 15.5. The topological polar surface area (TPSA) is 32.8 Å². The van der Waals surface area contributed by atoms with Crippen molar-refractivity contribution in [2.45, 2.75) is 13.0 Å². The molecule has 0 aliphatic carbocycles. The van der Waals surface area contributed by atoms with E-state index in [1.807, 2.05) is 42.2 Å². The molecule has 1 saturated heterocycles. The fourth-order valence-corrected chi connectivity index (χ4v) is 2.82. The highest BCUT2D eigenvalue weighted by molar-refractivity contribution is 5.89. The third-order valence-electron chi connectivity index (χ3n) is 4.22. The molecule has 4 heteroatoms. The van der Waals surface area contributed by atoms with Crippen molar-refractivity contribution in [2.24, 2.45) is 0 Å². The Hall–Kier alpha value is -2.07. The third-order valence-corrected chi connectivity index (χ3v) is 4.22. The number of carbonyl (C=O) groups excluding carboxylic acids is 1. The molecule has 1 amide bonds. The average molecular weight is 298 g/mol. The standard InChI is InChI=1S/C18H22N2O2/c1-14(18(21)20-12-10-19(2)11-13-20)22-17-9-5-7-15-6-3-4-8-16(15)17/h3-9,14H,10-13H2,1-2H3/t14-/m0/s1. The van der Waals surface area contributed by atoms with E-state index in [0.717, 1.165) is 42.7 Å². The van der Waals surface area contributed by atoms with Crippen LogP contribution >= 0.6 is 0 Å². The van der Waals surface area contributed by atoms with Gasteiger partial charge in [-0.05, 0) is 25.4 Å². The number of piperazine rings is 1.